The van der Waals surface area contributed by atoms with Crippen molar-refractivity contribution in [3.63, 3.8) is 0 Å². The molecule has 0 N–H and O–H groups in total. The Morgan fingerprint density at radius 1 is 1.11 bits per heavy atom. The maximum Gasteiger partial charge on any atom is 0.143 e. The van der Waals surface area contributed by atoms with Crippen LogP contribution in [-0.2, 0) is 0 Å². The third kappa shape index (κ3) is 1.88. The summed E-state index contributed by atoms with van der Waals surface area (Å²) in [6.07, 6.45) is 0. The van der Waals surface area contributed by atoms with Crippen molar-refractivity contribution in [3.8, 4) is 11.5 Å². The van der Waals surface area contributed by atoms with Crippen molar-refractivity contribution in [1.82, 2.24) is 0 Å². The van der Waals surface area contributed by atoms with Crippen molar-refractivity contribution in [1.29, 1.82) is 0 Å². The number of anilines is 2. The zero-order chi connectivity index (χ0) is 12.4. The maximum absolute atomic E-state index is 5.66. The topological polar surface area (TPSA) is 21.7 Å². The second kappa shape index (κ2) is 4.61. The molecule has 0 aliphatic carbocycles. The number of nitrogens with zero attached hydrogens (tertiary/aromatic N) is 1. The van der Waals surface area contributed by atoms with Crippen LogP contribution in [0.2, 0.25) is 0 Å². The van der Waals surface area contributed by atoms with Crippen LogP contribution in [0, 0.1) is 0 Å². The summed E-state index contributed by atoms with van der Waals surface area (Å²) < 4.78 is 10.9. The van der Waals surface area contributed by atoms with Gasteiger partial charge >= 0.3 is 0 Å². The molecule has 1 aliphatic heterocycles. The van der Waals surface area contributed by atoms with Crippen molar-refractivity contribution in [2.45, 2.75) is 0 Å². The fourth-order valence-electron chi connectivity index (χ4n) is 2.22. The van der Waals surface area contributed by atoms with Crippen LogP contribution in [0.25, 0.3) is 0 Å². The third-order valence-electron chi connectivity index (χ3n) is 3.09. The Morgan fingerprint density at radius 3 is 2.89 bits per heavy atom. The lowest BCUT2D eigenvalue weighted by Crippen LogP contribution is -2.28. The summed E-state index contributed by atoms with van der Waals surface area (Å²) in [4.78, 5) is 2.25. The molecule has 0 amide bonds. The van der Waals surface area contributed by atoms with E-state index in [9.17, 15) is 0 Å². The van der Waals surface area contributed by atoms with Crippen LogP contribution in [0.4, 0.5) is 11.4 Å². The Morgan fingerprint density at radius 2 is 2.00 bits per heavy atom. The molecule has 92 valence electrons. The van der Waals surface area contributed by atoms with Gasteiger partial charge in [-0.2, -0.15) is 0 Å². The number of para-hydroxylation sites is 2. The van der Waals surface area contributed by atoms with Crippen LogP contribution in [0.3, 0.4) is 0 Å². The van der Waals surface area contributed by atoms with Crippen LogP contribution in [0.15, 0.2) is 48.5 Å². The summed E-state index contributed by atoms with van der Waals surface area (Å²) in [5.74, 6) is 1.81. The van der Waals surface area contributed by atoms with E-state index in [0.29, 0.717) is 6.61 Å². The highest BCUT2D eigenvalue weighted by Gasteiger charge is 2.18. The SMILES string of the molecule is COc1cccc(N2CCOc3ccccc32)c1. The van der Waals surface area contributed by atoms with Crippen LogP contribution in [0.5, 0.6) is 11.5 Å². The van der Waals surface area contributed by atoms with Gasteiger partial charge in [-0.25, -0.2) is 0 Å². The highest BCUT2D eigenvalue weighted by Crippen LogP contribution is 2.36. The average molecular weight is 241 g/mol. The van der Waals surface area contributed by atoms with E-state index in [1.807, 2.05) is 36.4 Å². The van der Waals surface area contributed by atoms with Gasteiger partial charge in [0.25, 0.3) is 0 Å². The van der Waals surface area contributed by atoms with E-state index in [1.165, 1.54) is 0 Å². The zero-order valence-corrected chi connectivity index (χ0v) is 10.3. The molecule has 0 saturated carbocycles. The quantitative estimate of drug-likeness (QED) is 0.805. The number of ether oxygens (including phenoxy) is 2. The Kier molecular flexibility index (Phi) is 2.81. The zero-order valence-electron chi connectivity index (χ0n) is 10.3. The summed E-state index contributed by atoms with van der Waals surface area (Å²) in [7, 11) is 1.69. The molecule has 2 aromatic rings. The van der Waals surface area contributed by atoms with Crippen molar-refractivity contribution >= 4 is 11.4 Å². The molecule has 3 rings (SSSR count). The van der Waals surface area contributed by atoms with Gasteiger partial charge in [-0.15, -0.1) is 0 Å². The smallest absolute Gasteiger partial charge is 0.143 e. The van der Waals surface area contributed by atoms with Gasteiger partial charge < -0.3 is 14.4 Å². The second-order valence-corrected chi connectivity index (χ2v) is 4.17. The fraction of sp³-hybridized carbons (Fsp3) is 0.200. The standard InChI is InChI=1S/C15H15NO2/c1-17-13-6-4-5-12(11-13)16-9-10-18-15-8-3-2-7-14(15)16/h2-8,11H,9-10H2,1H3. The van der Waals surface area contributed by atoms with Crippen molar-refractivity contribution in [2.75, 3.05) is 25.2 Å². The first-order valence-corrected chi connectivity index (χ1v) is 6.02. The first-order valence-electron chi connectivity index (χ1n) is 6.02. The lowest BCUT2D eigenvalue weighted by Gasteiger charge is -2.31. The molecule has 2 aromatic carbocycles. The molecule has 18 heavy (non-hydrogen) atoms. The molecule has 0 atom stereocenters. The summed E-state index contributed by atoms with van der Waals surface area (Å²) in [6, 6.07) is 16.2. The second-order valence-electron chi connectivity index (χ2n) is 4.17. The third-order valence-corrected chi connectivity index (χ3v) is 3.09. The van der Waals surface area contributed by atoms with Gasteiger partial charge in [-0.1, -0.05) is 18.2 Å². The van der Waals surface area contributed by atoms with E-state index >= 15 is 0 Å². The summed E-state index contributed by atoms with van der Waals surface area (Å²) in [5.41, 5.74) is 2.24. The van der Waals surface area contributed by atoms with Gasteiger partial charge in [0.2, 0.25) is 0 Å². The van der Waals surface area contributed by atoms with Crippen LogP contribution in [-0.4, -0.2) is 20.3 Å². The average Bonchev–Trinajstić information content (AvgIpc) is 2.47. The number of methoxy groups -OCH3 is 1. The van der Waals surface area contributed by atoms with Gasteiger partial charge in [0.15, 0.2) is 0 Å². The lowest BCUT2D eigenvalue weighted by atomic mass is 10.2. The first-order chi connectivity index (χ1) is 8.88. The van der Waals surface area contributed by atoms with Crippen molar-refractivity contribution in [2.24, 2.45) is 0 Å². The number of benzene rings is 2. The predicted molar refractivity (Wildman–Crippen MR) is 71.9 cm³/mol. The van der Waals surface area contributed by atoms with Crippen molar-refractivity contribution < 1.29 is 9.47 Å². The number of rotatable bonds is 2. The molecule has 3 heteroatoms. The Bertz CT molecular complexity index is 554. The molecule has 0 fully saturated rings. The van der Waals surface area contributed by atoms with Crippen molar-refractivity contribution in [3.05, 3.63) is 48.5 Å². The van der Waals surface area contributed by atoms with Gasteiger partial charge in [-0.3, -0.25) is 0 Å². The van der Waals surface area contributed by atoms with Gasteiger partial charge in [-0.05, 0) is 24.3 Å². The molecule has 0 unspecified atom stereocenters. The Labute approximate surface area is 107 Å². The summed E-state index contributed by atoms with van der Waals surface area (Å²) >= 11 is 0. The molecule has 3 nitrogen and oxygen atoms in total. The van der Waals surface area contributed by atoms with Gasteiger partial charge in [0.1, 0.15) is 18.1 Å². The summed E-state index contributed by atoms with van der Waals surface area (Å²) in [6.45, 7) is 1.55. The molecule has 0 spiro atoms. The minimum Gasteiger partial charge on any atom is -0.497 e. The van der Waals surface area contributed by atoms with Crippen LogP contribution < -0.4 is 14.4 Å². The normalized spacial score (nSPS) is 13.7. The highest BCUT2D eigenvalue weighted by atomic mass is 16.5. The molecule has 1 aliphatic rings. The lowest BCUT2D eigenvalue weighted by molar-refractivity contribution is 0.314. The molecular formula is C15H15NO2. The first kappa shape index (κ1) is 11.0. The minimum absolute atomic E-state index is 0.703. The Hall–Kier alpha value is -2.16. The minimum atomic E-state index is 0.703. The fourth-order valence-corrected chi connectivity index (χ4v) is 2.22. The molecular weight excluding hydrogens is 226 g/mol. The van der Waals surface area contributed by atoms with E-state index < -0.39 is 0 Å². The van der Waals surface area contributed by atoms with E-state index in [4.69, 9.17) is 9.47 Å². The molecule has 0 aromatic heterocycles. The summed E-state index contributed by atoms with van der Waals surface area (Å²) in [5, 5.41) is 0. The molecule has 0 bridgehead atoms. The predicted octanol–water partition coefficient (Wildman–Crippen LogP) is 3.23. The van der Waals surface area contributed by atoms with Crippen LogP contribution >= 0.6 is 0 Å². The largest absolute Gasteiger partial charge is 0.497 e. The van der Waals surface area contributed by atoms with Gasteiger partial charge in [0.05, 0.1) is 19.3 Å². The number of hydrogen-bond acceptors (Lipinski definition) is 3. The monoisotopic (exact) mass is 241 g/mol. The molecule has 1 heterocycles. The van der Waals surface area contributed by atoms with E-state index in [2.05, 4.69) is 17.0 Å². The molecule has 0 radical (unpaired) electrons. The van der Waals surface area contributed by atoms with Gasteiger partial charge in [0, 0.05) is 11.8 Å². The van der Waals surface area contributed by atoms with E-state index in [1.54, 1.807) is 7.11 Å². The van der Waals surface area contributed by atoms with E-state index in [0.717, 1.165) is 29.4 Å². The molecule has 0 saturated heterocycles. The maximum atomic E-state index is 5.66. The Balaban J connectivity index is 2.02. The number of fused-ring (bicyclic) bond motifs is 1. The van der Waals surface area contributed by atoms with Crippen LogP contribution in [0.1, 0.15) is 0 Å². The highest BCUT2D eigenvalue weighted by molar-refractivity contribution is 5.71. The van der Waals surface area contributed by atoms with E-state index in [-0.39, 0.29) is 0 Å². The number of hydrogen-bond donors (Lipinski definition) is 0.